The van der Waals surface area contributed by atoms with Crippen LogP contribution in [0.25, 0.3) is 0 Å². The van der Waals surface area contributed by atoms with Crippen LogP contribution in [-0.4, -0.2) is 68.7 Å². The summed E-state index contributed by atoms with van der Waals surface area (Å²) < 4.78 is 10.9. The van der Waals surface area contributed by atoms with Crippen molar-refractivity contribution in [3.8, 4) is 5.75 Å². The number of nitrogens with two attached hydrogens (primary N) is 1. The maximum atomic E-state index is 12.9. The van der Waals surface area contributed by atoms with Crippen molar-refractivity contribution in [1.29, 1.82) is 0 Å². The zero-order valence-electron chi connectivity index (χ0n) is 19.5. The Morgan fingerprint density at radius 3 is 2.54 bits per heavy atom. The molecule has 4 N–H and O–H groups in total. The monoisotopic (exact) mass is 503 g/mol. The molecule has 1 heterocycles. The summed E-state index contributed by atoms with van der Waals surface area (Å²) in [7, 11) is 3.01. The molecular weight excluding hydrogens is 476 g/mol. The second kappa shape index (κ2) is 11.9. The van der Waals surface area contributed by atoms with Gasteiger partial charge in [-0.25, -0.2) is 0 Å². The Labute approximate surface area is 208 Å². The van der Waals surface area contributed by atoms with Gasteiger partial charge in [-0.3, -0.25) is 14.5 Å². The first-order chi connectivity index (χ1) is 16.7. The van der Waals surface area contributed by atoms with Crippen molar-refractivity contribution in [3.63, 3.8) is 0 Å². The predicted octanol–water partition coefficient (Wildman–Crippen LogP) is 0.681. The smallest absolute Gasteiger partial charge is 0.255 e. The summed E-state index contributed by atoms with van der Waals surface area (Å²) in [5, 5.41) is 16.7. The van der Waals surface area contributed by atoms with E-state index in [-0.39, 0.29) is 47.5 Å². The molecule has 0 aromatic heterocycles. The number of hydrogen-bond donors (Lipinski definition) is 3. The zero-order valence-corrected chi connectivity index (χ0v) is 20.3. The minimum absolute atomic E-state index is 0.142. The Hall–Kier alpha value is -3.34. The molecule has 2 amide bonds. The molecule has 1 fully saturated rings. The van der Waals surface area contributed by atoms with Gasteiger partial charge < -0.3 is 35.7 Å². The highest BCUT2D eigenvalue weighted by molar-refractivity contribution is 6.33. The highest BCUT2D eigenvalue weighted by Crippen LogP contribution is 2.29. The Morgan fingerprint density at radius 1 is 1.20 bits per heavy atom. The molecular formula is C24H28ClN4O6-. The number of carbonyl (C=O) groups is 3. The number of aliphatic carboxylic acids is 1. The molecule has 35 heavy (non-hydrogen) atoms. The highest BCUT2D eigenvalue weighted by atomic mass is 35.5. The summed E-state index contributed by atoms with van der Waals surface area (Å²) >= 11 is 6.08. The fraction of sp³-hybridized carbons (Fsp3) is 0.375. The van der Waals surface area contributed by atoms with Crippen LogP contribution < -0.4 is 26.2 Å². The fourth-order valence-corrected chi connectivity index (χ4v) is 4.13. The van der Waals surface area contributed by atoms with Gasteiger partial charge in [0.2, 0.25) is 5.91 Å². The van der Waals surface area contributed by atoms with Gasteiger partial charge in [-0.1, -0.05) is 23.7 Å². The van der Waals surface area contributed by atoms with Gasteiger partial charge in [-0.15, -0.1) is 0 Å². The number of carboxylic acid groups (broad SMARTS) is 1. The third-order valence-electron chi connectivity index (χ3n) is 5.78. The number of hydrogen-bond acceptors (Lipinski definition) is 8. The molecule has 2 atom stereocenters. The standard InChI is InChI=1S/C24H29ClN4O6/c1-34-20-11-18(26)17(25)10-16(20)24(33)28-19-7-8-29(12-21(19)35-2)13-22(30)27-15-5-3-14(4-6-15)9-23(31)32/h3-6,10-11,19,21H,7-9,12-13,26H2,1-2H3,(H,27,30)(H,28,33)(H,31,32)/p-1/t19-,21+/m1/s1. The van der Waals surface area contributed by atoms with Crippen LogP contribution in [0, 0.1) is 0 Å². The van der Waals surface area contributed by atoms with Crippen molar-refractivity contribution in [2.24, 2.45) is 0 Å². The summed E-state index contributed by atoms with van der Waals surface area (Å²) in [6.07, 6.45) is 0.0520. The van der Waals surface area contributed by atoms with Crippen molar-refractivity contribution < 1.29 is 29.0 Å². The Balaban J connectivity index is 1.55. The fourth-order valence-electron chi connectivity index (χ4n) is 3.97. The summed E-state index contributed by atoms with van der Waals surface area (Å²) in [6.45, 7) is 1.16. The molecule has 11 heteroatoms. The molecule has 2 aromatic carbocycles. The van der Waals surface area contributed by atoms with Gasteiger partial charge >= 0.3 is 0 Å². The first-order valence-corrected chi connectivity index (χ1v) is 11.4. The number of nitrogens with zero attached hydrogens (tertiary/aromatic N) is 1. The molecule has 0 radical (unpaired) electrons. The van der Waals surface area contributed by atoms with Crippen LogP contribution >= 0.6 is 11.6 Å². The van der Waals surface area contributed by atoms with Gasteiger partial charge in [0.05, 0.1) is 42.1 Å². The van der Waals surface area contributed by atoms with Gasteiger partial charge in [0.15, 0.2) is 0 Å². The summed E-state index contributed by atoms with van der Waals surface area (Å²) in [4.78, 5) is 38.0. The first-order valence-electron chi connectivity index (χ1n) is 11.0. The number of nitrogens with one attached hydrogen (secondary N) is 2. The molecule has 188 valence electrons. The molecule has 1 saturated heterocycles. The molecule has 0 bridgehead atoms. The van der Waals surface area contributed by atoms with Gasteiger partial charge in [0.1, 0.15) is 5.75 Å². The van der Waals surface area contributed by atoms with Crippen molar-refractivity contribution >= 4 is 40.8 Å². The maximum absolute atomic E-state index is 12.9. The van der Waals surface area contributed by atoms with Crippen molar-refractivity contribution in [1.82, 2.24) is 10.2 Å². The average Bonchev–Trinajstić information content (AvgIpc) is 2.82. The highest BCUT2D eigenvalue weighted by Gasteiger charge is 2.32. The third kappa shape index (κ3) is 7.08. The van der Waals surface area contributed by atoms with Crippen molar-refractivity contribution in [2.75, 3.05) is 44.9 Å². The summed E-state index contributed by atoms with van der Waals surface area (Å²) in [5.41, 5.74) is 7.54. The summed E-state index contributed by atoms with van der Waals surface area (Å²) in [6, 6.07) is 9.25. The van der Waals surface area contributed by atoms with Crippen molar-refractivity contribution in [3.05, 3.63) is 52.5 Å². The second-order valence-corrected chi connectivity index (χ2v) is 8.65. The molecule has 0 saturated carbocycles. The average molecular weight is 504 g/mol. The normalized spacial score (nSPS) is 18.0. The van der Waals surface area contributed by atoms with E-state index in [2.05, 4.69) is 10.6 Å². The predicted molar refractivity (Wildman–Crippen MR) is 129 cm³/mol. The van der Waals surface area contributed by atoms with E-state index in [1.807, 2.05) is 4.90 Å². The van der Waals surface area contributed by atoms with Gasteiger partial charge in [-0.2, -0.15) is 0 Å². The molecule has 3 rings (SSSR count). The molecule has 1 aliphatic rings. The summed E-state index contributed by atoms with van der Waals surface area (Å²) in [5.74, 6) is -1.41. The Bertz CT molecular complexity index is 1080. The number of ether oxygens (including phenoxy) is 2. The first kappa shape index (κ1) is 26.3. The van der Waals surface area contributed by atoms with E-state index in [0.29, 0.717) is 42.2 Å². The van der Waals surface area contributed by atoms with E-state index < -0.39 is 5.97 Å². The number of amides is 2. The van der Waals surface area contributed by atoms with Crippen LogP contribution in [0.4, 0.5) is 11.4 Å². The van der Waals surface area contributed by atoms with E-state index in [1.54, 1.807) is 31.4 Å². The number of piperidine rings is 1. The van der Waals surface area contributed by atoms with Crippen LogP contribution in [0.5, 0.6) is 5.75 Å². The van der Waals surface area contributed by atoms with Crippen LogP contribution in [0.1, 0.15) is 22.3 Å². The number of likely N-dealkylation sites (tertiary alicyclic amines) is 1. The maximum Gasteiger partial charge on any atom is 0.255 e. The number of benzene rings is 2. The van der Waals surface area contributed by atoms with E-state index in [1.165, 1.54) is 19.2 Å². The Kier molecular flexibility index (Phi) is 8.91. The lowest BCUT2D eigenvalue weighted by molar-refractivity contribution is -0.304. The van der Waals surface area contributed by atoms with Crippen LogP contribution in [0.3, 0.4) is 0 Å². The van der Waals surface area contributed by atoms with Crippen LogP contribution in [0.2, 0.25) is 5.02 Å². The molecule has 0 aliphatic carbocycles. The second-order valence-electron chi connectivity index (χ2n) is 8.25. The molecule has 10 nitrogen and oxygen atoms in total. The SMILES string of the molecule is COc1cc(N)c(Cl)cc1C(=O)N[C@@H]1CCN(CC(=O)Nc2ccc(CC(=O)[O-])cc2)C[C@@H]1OC. The third-order valence-corrected chi connectivity index (χ3v) is 6.11. The lowest BCUT2D eigenvalue weighted by Crippen LogP contribution is -2.55. The van der Waals surface area contributed by atoms with Crippen molar-refractivity contribution in [2.45, 2.75) is 25.0 Å². The van der Waals surface area contributed by atoms with E-state index in [9.17, 15) is 19.5 Å². The molecule has 2 aromatic rings. The molecule has 0 unspecified atom stereocenters. The number of carboxylic acids is 1. The van der Waals surface area contributed by atoms with Gasteiger partial charge in [0.25, 0.3) is 5.91 Å². The van der Waals surface area contributed by atoms with Crippen LogP contribution in [0.15, 0.2) is 36.4 Å². The molecule has 1 aliphatic heterocycles. The lowest BCUT2D eigenvalue weighted by Gasteiger charge is -2.37. The van der Waals surface area contributed by atoms with E-state index in [4.69, 9.17) is 26.8 Å². The van der Waals surface area contributed by atoms with E-state index >= 15 is 0 Å². The lowest BCUT2D eigenvalue weighted by atomic mass is 10.0. The number of anilines is 2. The van der Waals surface area contributed by atoms with Crippen LogP contribution in [-0.2, 0) is 20.7 Å². The zero-order chi connectivity index (χ0) is 25.5. The minimum atomic E-state index is -1.16. The number of nitrogen functional groups attached to an aromatic ring is 1. The topological polar surface area (TPSA) is 146 Å². The minimum Gasteiger partial charge on any atom is -0.550 e. The largest absolute Gasteiger partial charge is 0.550 e. The number of halogens is 1. The Morgan fingerprint density at radius 2 is 1.91 bits per heavy atom. The number of methoxy groups -OCH3 is 2. The van der Waals surface area contributed by atoms with Gasteiger partial charge in [-0.05, 0) is 30.2 Å². The molecule has 0 spiro atoms. The quantitative estimate of drug-likeness (QED) is 0.423. The number of rotatable bonds is 9. The number of carbonyl (C=O) groups excluding carboxylic acids is 3. The van der Waals surface area contributed by atoms with E-state index in [0.717, 1.165) is 0 Å². The van der Waals surface area contributed by atoms with Gasteiger partial charge in [0, 0.05) is 44.3 Å².